The number of nitrogens with zero attached hydrogens (tertiary/aromatic N) is 1. The van der Waals surface area contributed by atoms with Gasteiger partial charge in [0, 0.05) is 0 Å². The van der Waals surface area contributed by atoms with Gasteiger partial charge >= 0.3 is 0 Å². The summed E-state index contributed by atoms with van der Waals surface area (Å²) in [6.07, 6.45) is 5.45. The van der Waals surface area contributed by atoms with Crippen molar-refractivity contribution in [1.29, 1.82) is 0 Å². The summed E-state index contributed by atoms with van der Waals surface area (Å²) in [5.74, 6) is 1.84. The highest BCUT2D eigenvalue weighted by molar-refractivity contribution is 5.69. The van der Waals surface area contributed by atoms with Gasteiger partial charge in [0.25, 0.3) is 5.89 Å². The summed E-state index contributed by atoms with van der Waals surface area (Å²) < 4.78 is 10.9. The Kier molecular flexibility index (Phi) is 3.71. The lowest BCUT2D eigenvalue weighted by Gasteiger charge is -1.96. The summed E-state index contributed by atoms with van der Waals surface area (Å²) in [6.45, 7) is 1.92. The molecule has 0 aliphatic heterocycles. The van der Waals surface area contributed by atoms with Crippen molar-refractivity contribution < 1.29 is 13.9 Å². The molecule has 0 radical (unpaired) electrons. The largest absolute Gasteiger partial charge is 0.459 e. The zero-order valence-corrected chi connectivity index (χ0v) is 11.6. The van der Waals surface area contributed by atoms with Gasteiger partial charge in [-0.3, -0.25) is 0 Å². The van der Waals surface area contributed by atoms with Gasteiger partial charge in [-0.15, -0.1) is 0 Å². The van der Waals surface area contributed by atoms with Crippen LogP contribution >= 0.6 is 0 Å². The Hall–Kier alpha value is -2.59. The molecule has 2 heterocycles. The van der Waals surface area contributed by atoms with Crippen LogP contribution in [0.2, 0.25) is 0 Å². The van der Waals surface area contributed by atoms with Gasteiger partial charge in [0.1, 0.15) is 11.5 Å². The van der Waals surface area contributed by atoms with Crippen LogP contribution in [-0.4, -0.2) is 10.1 Å². The molecule has 0 amide bonds. The molecule has 0 aliphatic carbocycles. The third-order valence-electron chi connectivity index (χ3n) is 3.16. The van der Waals surface area contributed by atoms with Crippen LogP contribution in [-0.2, 0) is 6.61 Å². The molecule has 21 heavy (non-hydrogen) atoms. The molecule has 0 saturated carbocycles. The van der Waals surface area contributed by atoms with E-state index in [1.54, 1.807) is 12.3 Å². The average Bonchev–Trinajstić information content (AvgIpc) is 3.15. The van der Waals surface area contributed by atoms with Crippen LogP contribution in [0.15, 0.2) is 51.5 Å². The van der Waals surface area contributed by atoms with Crippen molar-refractivity contribution in [2.45, 2.75) is 13.5 Å². The fourth-order valence-electron chi connectivity index (χ4n) is 1.98. The Balaban J connectivity index is 1.82. The van der Waals surface area contributed by atoms with Crippen molar-refractivity contribution in [3.63, 3.8) is 0 Å². The van der Waals surface area contributed by atoms with E-state index in [-0.39, 0.29) is 6.61 Å². The van der Waals surface area contributed by atoms with Gasteiger partial charge in [-0.2, -0.15) is 0 Å². The summed E-state index contributed by atoms with van der Waals surface area (Å²) in [5, 5.41) is 9.02. The number of aliphatic hydroxyl groups is 1. The number of oxazole rings is 1. The van der Waals surface area contributed by atoms with Gasteiger partial charge in [0.15, 0.2) is 5.76 Å². The second-order valence-electron chi connectivity index (χ2n) is 4.67. The number of rotatable bonds is 4. The second-order valence-corrected chi connectivity index (χ2v) is 4.67. The minimum Gasteiger partial charge on any atom is -0.459 e. The second kappa shape index (κ2) is 5.81. The third kappa shape index (κ3) is 2.95. The molecule has 0 atom stereocenters. The molecule has 0 fully saturated rings. The van der Waals surface area contributed by atoms with Crippen LogP contribution in [0, 0.1) is 6.92 Å². The number of hydrogen-bond acceptors (Lipinski definition) is 4. The summed E-state index contributed by atoms with van der Waals surface area (Å²) in [4.78, 5) is 4.41. The van der Waals surface area contributed by atoms with Crippen LogP contribution in [0.5, 0.6) is 0 Å². The highest BCUT2D eigenvalue weighted by Crippen LogP contribution is 2.23. The maximum Gasteiger partial charge on any atom is 0.263 e. The van der Waals surface area contributed by atoms with E-state index in [9.17, 15) is 0 Å². The maximum absolute atomic E-state index is 9.02. The van der Waals surface area contributed by atoms with Crippen LogP contribution in [0.4, 0.5) is 0 Å². The first-order valence-corrected chi connectivity index (χ1v) is 6.65. The Bertz CT molecular complexity index is 737. The zero-order valence-electron chi connectivity index (χ0n) is 11.6. The Morgan fingerprint density at radius 2 is 1.95 bits per heavy atom. The fourth-order valence-corrected chi connectivity index (χ4v) is 1.98. The summed E-state index contributed by atoms with van der Waals surface area (Å²) >= 11 is 0. The monoisotopic (exact) mass is 281 g/mol. The number of hydrogen-bond donors (Lipinski definition) is 1. The van der Waals surface area contributed by atoms with Gasteiger partial charge in [-0.05, 0) is 36.3 Å². The number of furan rings is 1. The SMILES string of the molecule is Cc1oc(-c2ccco2)nc1/C=C/c1ccc(CO)cc1. The standard InChI is InChI=1S/C17H15NO3/c1-12-15(18-17(21-12)16-3-2-10-20-16)9-8-13-4-6-14(11-19)7-5-13/h2-10,19H,11H2,1H3/b9-8+. The summed E-state index contributed by atoms with van der Waals surface area (Å²) in [7, 11) is 0. The Morgan fingerprint density at radius 1 is 1.14 bits per heavy atom. The summed E-state index contributed by atoms with van der Waals surface area (Å²) in [6, 6.07) is 11.3. The molecule has 0 saturated heterocycles. The number of aliphatic hydroxyl groups excluding tert-OH is 1. The van der Waals surface area contributed by atoms with Crippen LogP contribution in [0.1, 0.15) is 22.6 Å². The molecular weight excluding hydrogens is 266 g/mol. The molecule has 0 spiro atoms. The predicted molar refractivity (Wildman–Crippen MR) is 80.2 cm³/mol. The molecule has 4 heteroatoms. The van der Waals surface area contributed by atoms with Gasteiger partial charge in [-0.1, -0.05) is 30.3 Å². The van der Waals surface area contributed by atoms with E-state index in [4.69, 9.17) is 13.9 Å². The molecule has 0 aliphatic rings. The lowest BCUT2D eigenvalue weighted by atomic mass is 10.1. The molecule has 0 bridgehead atoms. The minimum atomic E-state index is 0.0545. The zero-order chi connectivity index (χ0) is 14.7. The van der Waals surface area contributed by atoms with Gasteiger partial charge < -0.3 is 13.9 Å². The maximum atomic E-state index is 9.02. The average molecular weight is 281 g/mol. The Morgan fingerprint density at radius 3 is 2.62 bits per heavy atom. The van der Waals surface area contributed by atoms with Gasteiger partial charge in [0.2, 0.25) is 0 Å². The molecule has 4 nitrogen and oxygen atoms in total. The van der Waals surface area contributed by atoms with E-state index in [1.807, 2.05) is 49.4 Å². The van der Waals surface area contributed by atoms with Crippen molar-refractivity contribution in [3.8, 4) is 11.7 Å². The molecule has 106 valence electrons. The first-order valence-electron chi connectivity index (χ1n) is 6.65. The van der Waals surface area contributed by atoms with E-state index < -0.39 is 0 Å². The molecule has 3 rings (SSSR count). The van der Waals surface area contributed by atoms with E-state index in [2.05, 4.69) is 4.98 Å². The van der Waals surface area contributed by atoms with E-state index in [0.717, 1.165) is 22.6 Å². The molecular formula is C17H15NO3. The van der Waals surface area contributed by atoms with Crippen molar-refractivity contribution >= 4 is 12.2 Å². The smallest absolute Gasteiger partial charge is 0.263 e. The van der Waals surface area contributed by atoms with Crippen molar-refractivity contribution in [2.75, 3.05) is 0 Å². The number of aromatic nitrogens is 1. The van der Waals surface area contributed by atoms with Gasteiger partial charge in [-0.25, -0.2) is 4.98 Å². The summed E-state index contributed by atoms with van der Waals surface area (Å²) in [5.41, 5.74) is 2.70. The molecule has 1 aromatic carbocycles. The first kappa shape index (κ1) is 13.4. The fraction of sp³-hybridized carbons (Fsp3) is 0.118. The van der Waals surface area contributed by atoms with Crippen LogP contribution in [0.3, 0.4) is 0 Å². The third-order valence-corrected chi connectivity index (χ3v) is 3.16. The minimum absolute atomic E-state index is 0.0545. The lowest BCUT2D eigenvalue weighted by Crippen LogP contribution is -1.82. The lowest BCUT2D eigenvalue weighted by molar-refractivity contribution is 0.282. The quantitative estimate of drug-likeness (QED) is 0.787. The molecule has 0 unspecified atom stereocenters. The molecule has 2 aromatic heterocycles. The number of benzene rings is 1. The van der Waals surface area contributed by atoms with Crippen molar-refractivity contribution in [2.24, 2.45) is 0 Å². The van der Waals surface area contributed by atoms with Crippen LogP contribution in [0.25, 0.3) is 23.8 Å². The molecule has 1 N–H and O–H groups in total. The van der Waals surface area contributed by atoms with Crippen molar-refractivity contribution in [3.05, 3.63) is 65.2 Å². The highest BCUT2D eigenvalue weighted by atomic mass is 16.4. The van der Waals surface area contributed by atoms with E-state index in [0.29, 0.717) is 11.7 Å². The van der Waals surface area contributed by atoms with Crippen LogP contribution < -0.4 is 0 Å². The number of aryl methyl sites for hydroxylation is 1. The Labute approximate surface area is 122 Å². The van der Waals surface area contributed by atoms with E-state index >= 15 is 0 Å². The highest BCUT2D eigenvalue weighted by Gasteiger charge is 2.11. The predicted octanol–water partition coefficient (Wildman–Crippen LogP) is 3.91. The van der Waals surface area contributed by atoms with Gasteiger partial charge in [0.05, 0.1) is 12.9 Å². The first-order chi connectivity index (χ1) is 10.3. The normalized spacial score (nSPS) is 11.3. The molecule has 3 aromatic rings. The van der Waals surface area contributed by atoms with E-state index in [1.165, 1.54) is 0 Å². The topological polar surface area (TPSA) is 59.4 Å². The van der Waals surface area contributed by atoms with Crippen molar-refractivity contribution in [1.82, 2.24) is 4.98 Å².